The van der Waals surface area contributed by atoms with E-state index >= 15 is 0 Å². The van der Waals surface area contributed by atoms with Crippen molar-refractivity contribution in [2.45, 2.75) is 93.9 Å². The summed E-state index contributed by atoms with van der Waals surface area (Å²) in [5, 5.41) is 8.34. The molecule has 8 aromatic rings. The average molecular weight is 849 g/mol. The second kappa shape index (κ2) is 18.7. The van der Waals surface area contributed by atoms with Crippen LogP contribution in [0.25, 0.3) is 54.9 Å². The summed E-state index contributed by atoms with van der Waals surface area (Å²) in [4.78, 5) is 0. The zero-order chi connectivity index (χ0) is 40.4. The molecular formula is C56H57SiZr. The van der Waals surface area contributed by atoms with E-state index in [4.69, 9.17) is 0 Å². The molecule has 0 nitrogen and oxygen atoms in total. The number of rotatable bonds is 6. The first kappa shape index (κ1) is 43.2. The minimum absolute atomic E-state index is 0. The van der Waals surface area contributed by atoms with Crippen LogP contribution in [0.3, 0.4) is 0 Å². The van der Waals surface area contributed by atoms with Gasteiger partial charge in [0.05, 0.1) is 9.52 Å². The van der Waals surface area contributed by atoms with Crippen LogP contribution in [0.5, 0.6) is 0 Å². The van der Waals surface area contributed by atoms with Crippen LogP contribution >= 0.6 is 0 Å². The van der Waals surface area contributed by atoms with E-state index in [2.05, 4.69) is 197 Å². The summed E-state index contributed by atoms with van der Waals surface area (Å²) in [5.41, 5.74) is 19.5. The minimum atomic E-state index is 0. The van der Waals surface area contributed by atoms with E-state index in [-0.39, 0.29) is 26.2 Å². The van der Waals surface area contributed by atoms with E-state index in [0.717, 1.165) is 9.52 Å². The molecule has 0 bridgehead atoms. The summed E-state index contributed by atoms with van der Waals surface area (Å²) in [6.45, 7) is 22.5. The first-order valence-electron chi connectivity index (χ1n) is 20.9. The molecule has 1 aliphatic heterocycles. The summed E-state index contributed by atoms with van der Waals surface area (Å²) >= 11 is 0. The number of benzene rings is 6. The summed E-state index contributed by atoms with van der Waals surface area (Å²) in [6, 6.07) is 50.1. The smallest absolute Gasteiger partial charge is 0.184 e. The first-order valence-corrected chi connectivity index (χ1v) is 21.9. The van der Waals surface area contributed by atoms with Crippen LogP contribution < -0.4 is 10.4 Å². The van der Waals surface area contributed by atoms with E-state index in [9.17, 15) is 0 Å². The fourth-order valence-electron chi connectivity index (χ4n) is 8.25. The number of fused-ring (bicyclic) bond motifs is 5. The quantitative estimate of drug-likeness (QED) is 0.116. The average Bonchev–Trinajstić information content (AvgIpc) is 3.98. The van der Waals surface area contributed by atoms with Crippen molar-refractivity contribution in [2.24, 2.45) is 0 Å². The molecule has 1 heterocycles. The fraction of sp³-hybridized carbons (Fsp3) is 0.250. The van der Waals surface area contributed by atoms with Gasteiger partial charge in [0.15, 0.2) is 0 Å². The third-order valence-electron chi connectivity index (χ3n) is 12.9. The molecule has 0 saturated heterocycles. The third kappa shape index (κ3) is 8.66. The molecule has 2 heteroatoms. The normalized spacial score (nSPS) is 12.4. The largest absolute Gasteiger partial charge is 3.00 e. The molecule has 0 N–H and O–H groups in total. The van der Waals surface area contributed by atoms with Crippen molar-refractivity contribution in [1.29, 1.82) is 0 Å². The molecular weight excluding hydrogens is 792 g/mol. The molecule has 58 heavy (non-hydrogen) atoms. The number of hydrogen-bond donors (Lipinski definition) is 0. The first-order chi connectivity index (χ1) is 27.5. The Bertz CT molecular complexity index is 2500. The van der Waals surface area contributed by atoms with Crippen LogP contribution in [0, 0.1) is 47.6 Å². The molecule has 0 aromatic heterocycles. The Hall–Kier alpha value is -4.36. The van der Waals surface area contributed by atoms with Gasteiger partial charge in [-0.1, -0.05) is 123 Å². The molecule has 2 atom stereocenters. The topological polar surface area (TPSA) is 0 Å². The van der Waals surface area contributed by atoms with E-state index in [1.807, 2.05) is 6.07 Å². The summed E-state index contributed by atoms with van der Waals surface area (Å²) in [6.07, 6.45) is 2.38. The predicted octanol–water partition coefficient (Wildman–Crippen LogP) is 14.4. The van der Waals surface area contributed by atoms with Gasteiger partial charge in [0, 0.05) is 0 Å². The van der Waals surface area contributed by atoms with Gasteiger partial charge in [-0.2, -0.15) is 41.6 Å². The monoisotopic (exact) mass is 847 g/mol. The van der Waals surface area contributed by atoms with Crippen molar-refractivity contribution in [1.82, 2.24) is 0 Å². The maximum Gasteiger partial charge on any atom is 3.00 e. The van der Waals surface area contributed by atoms with Gasteiger partial charge in [-0.3, -0.25) is 0 Å². The van der Waals surface area contributed by atoms with Crippen LogP contribution in [0.4, 0.5) is 0 Å². The predicted molar refractivity (Wildman–Crippen MR) is 252 cm³/mol. The van der Waals surface area contributed by atoms with Crippen LogP contribution in [0.1, 0.15) is 96.9 Å². The molecule has 9 rings (SSSR count). The standard InChI is InChI=1S/2C22H25.C12H7Si.Zr/c2*1-6-14(2)19-12-18-8-7-9-21(22(18)13-19)20-11-10-15(3)16(4)17(20)5;1-3-7-11-9(5-1)10-6-2-4-8-12(10)13-11;/h2*7-14H,6H2,1-5H3;1-7H;/q3*-1;+3. The van der Waals surface area contributed by atoms with Gasteiger partial charge >= 0.3 is 26.2 Å². The van der Waals surface area contributed by atoms with Crippen molar-refractivity contribution in [3.8, 4) is 33.4 Å². The number of aryl methyl sites for hydroxylation is 2. The van der Waals surface area contributed by atoms with Gasteiger partial charge in [-0.25, -0.2) is 0 Å². The maximum absolute atomic E-state index is 3.31. The Morgan fingerprint density at radius 2 is 0.966 bits per heavy atom. The molecule has 1 aliphatic rings. The van der Waals surface area contributed by atoms with Crippen molar-refractivity contribution in [2.75, 3.05) is 0 Å². The fourth-order valence-corrected chi connectivity index (χ4v) is 9.56. The molecule has 0 fully saturated rings. The second-order valence-corrected chi connectivity index (χ2v) is 17.6. The zero-order valence-electron chi connectivity index (χ0n) is 36.2. The summed E-state index contributed by atoms with van der Waals surface area (Å²) < 4.78 is 0. The third-order valence-corrected chi connectivity index (χ3v) is 14.3. The van der Waals surface area contributed by atoms with Crippen molar-refractivity contribution in [3.63, 3.8) is 0 Å². The van der Waals surface area contributed by atoms with E-state index < -0.39 is 0 Å². The zero-order valence-corrected chi connectivity index (χ0v) is 39.7. The van der Waals surface area contributed by atoms with E-state index in [1.54, 1.807) is 0 Å². The summed E-state index contributed by atoms with van der Waals surface area (Å²) in [7, 11) is 0.795. The van der Waals surface area contributed by atoms with Gasteiger partial charge in [-0.15, -0.1) is 74.6 Å². The molecule has 0 spiro atoms. The van der Waals surface area contributed by atoms with Crippen molar-refractivity contribution >= 4 is 41.4 Å². The van der Waals surface area contributed by atoms with Gasteiger partial charge in [-0.05, 0) is 97.9 Å². The van der Waals surface area contributed by atoms with Crippen molar-refractivity contribution < 1.29 is 26.2 Å². The van der Waals surface area contributed by atoms with Gasteiger partial charge in [0.25, 0.3) is 0 Å². The van der Waals surface area contributed by atoms with Gasteiger partial charge in [0.1, 0.15) is 0 Å². The van der Waals surface area contributed by atoms with Crippen LogP contribution in [-0.2, 0) is 26.2 Å². The van der Waals surface area contributed by atoms with Gasteiger partial charge < -0.3 is 0 Å². The maximum atomic E-state index is 3.31. The van der Waals surface area contributed by atoms with E-state index in [0.29, 0.717) is 11.8 Å². The SMILES string of the molecule is CCC(C)c1cc2c(-c3ccc(C)c(C)c3C)cccc2[cH-]1.CCC(C)c1cc2c(-c3ccc(C)c(C)c3C)cccc2[cH-]1.[Zr+3].[c-]1cccc2c1[Si]c1ccccc1-2. The second-order valence-electron chi connectivity index (χ2n) is 16.3. The van der Waals surface area contributed by atoms with E-state index in [1.165, 1.54) is 123 Å². The number of hydrogen-bond acceptors (Lipinski definition) is 0. The summed E-state index contributed by atoms with van der Waals surface area (Å²) in [5.74, 6) is 1.25. The van der Waals surface area contributed by atoms with Crippen LogP contribution in [0.15, 0.2) is 127 Å². The Morgan fingerprint density at radius 3 is 1.47 bits per heavy atom. The Morgan fingerprint density at radius 1 is 0.500 bits per heavy atom. The Labute approximate surface area is 370 Å². The molecule has 0 amide bonds. The van der Waals surface area contributed by atoms with Crippen molar-refractivity contribution in [3.05, 3.63) is 178 Å². The Balaban J connectivity index is 0.000000150. The van der Waals surface area contributed by atoms with Gasteiger partial charge in [0.2, 0.25) is 0 Å². The molecule has 3 radical (unpaired) electrons. The molecule has 0 saturated carbocycles. The molecule has 8 aromatic carbocycles. The van der Waals surface area contributed by atoms with Crippen LogP contribution in [-0.4, -0.2) is 9.52 Å². The molecule has 2 unspecified atom stereocenters. The molecule has 289 valence electrons. The molecule has 0 aliphatic carbocycles. The Kier molecular flexibility index (Phi) is 13.9. The van der Waals surface area contributed by atoms with Crippen LogP contribution in [0.2, 0.25) is 0 Å². The minimum Gasteiger partial charge on any atom is -0.184 e.